The van der Waals surface area contributed by atoms with Crippen LogP contribution in [0.2, 0.25) is 10.2 Å². The topological polar surface area (TPSA) is 33.2 Å². The van der Waals surface area contributed by atoms with Crippen LogP contribution >= 0.6 is 23.2 Å². The minimum absolute atomic E-state index is 0.117. The highest BCUT2D eigenvalue weighted by molar-refractivity contribution is 6.32. The van der Waals surface area contributed by atoms with Crippen LogP contribution in [0.1, 0.15) is 22.3 Å². The first-order valence-electron chi connectivity index (χ1n) is 7.01. The number of rotatable bonds is 3. The summed E-state index contributed by atoms with van der Waals surface area (Å²) >= 11 is 12.2. The summed E-state index contributed by atoms with van der Waals surface area (Å²) in [5, 5.41) is 0.943. The third-order valence-corrected chi connectivity index (χ3v) is 4.31. The number of pyridine rings is 1. The van der Waals surface area contributed by atoms with Crippen LogP contribution < -0.4 is 0 Å². The molecule has 0 atom stereocenters. The number of hydrogen-bond donors (Lipinski definition) is 0. The molecule has 0 spiro atoms. The molecule has 0 unspecified atom stereocenters. The SMILES string of the molecule is O=C(c1cccnc1Cl)N1CCC=C1Cc1ccccc1Cl. The Balaban J connectivity index is 1.83. The predicted molar refractivity (Wildman–Crippen MR) is 88.1 cm³/mol. The first-order valence-corrected chi connectivity index (χ1v) is 7.77. The van der Waals surface area contributed by atoms with Crippen molar-refractivity contribution in [2.24, 2.45) is 0 Å². The molecule has 1 aliphatic rings. The molecule has 0 fully saturated rings. The van der Waals surface area contributed by atoms with Crippen molar-refractivity contribution < 1.29 is 4.79 Å². The Morgan fingerprint density at radius 2 is 2.00 bits per heavy atom. The first-order chi connectivity index (χ1) is 10.7. The van der Waals surface area contributed by atoms with Gasteiger partial charge in [-0.2, -0.15) is 0 Å². The number of allylic oxidation sites excluding steroid dienone is 1. The summed E-state index contributed by atoms with van der Waals surface area (Å²) in [5.41, 5.74) is 2.39. The Kier molecular flexibility index (Phi) is 4.46. The lowest BCUT2D eigenvalue weighted by Crippen LogP contribution is -2.29. The average molecular weight is 333 g/mol. The van der Waals surface area contributed by atoms with Crippen molar-refractivity contribution in [3.05, 3.63) is 75.7 Å². The van der Waals surface area contributed by atoms with Crippen molar-refractivity contribution in [2.75, 3.05) is 6.54 Å². The molecule has 2 heterocycles. The minimum Gasteiger partial charge on any atom is -0.312 e. The third kappa shape index (κ3) is 3.01. The molecule has 2 aromatic rings. The normalized spacial score (nSPS) is 14.1. The number of carbonyl (C=O) groups is 1. The maximum Gasteiger partial charge on any atom is 0.261 e. The van der Waals surface area contributed by atoms with Gasteiger partial charge in [-0.1, -0.05) is 47.5 Å². The maximum atomic E-state index is 12.7. The molecule has 0 N–H and O–H groups in total. The molecule has 1 aromatic carbocycles. The van der Waals surface area contributed by atoms with E-state index in [0.29, 0.717) is 23.6 Å². The monoisotopic (exact) mass is 332 g/mol. The number of aromatic nitrogens is 1. The Morgan fingerprint density at radius 3 is 2.77 bits per heavy atom. The summed E-state index contributed by atoms with van der Waals surface area (Å²) in [6.45, 7) is 0.657. The quantitative estimate of drug-likeness (QED) is 0.782. The fraction of sp³-hybridized carbons (Fsp3) is 0.176. The first kappa shape index (κ1) is 15.1. The van der Waals surface area contributed by atoms with Gasteiger partial charge in [-0.05, 0) is 30.2 Å². The van der Waals surface area contributed by atoms with E-state index < -0.39 is 0 Å². The van der Waals surface area contributed by atoms with Crippen LogP contribution in [-0.4, -0.2) is 22.3 Å². The standard InChI is InChI=1S/C17H14Cl2N2O/c18-15-8-2-1-5-12(15)11-13-6-4-10-21(13)17(22)14-7-3-9-20-16(14)19/h1-3,5-9H,4,10-11H2. The van der Waals surface area contributed by atoms with Gasteiger partial charge in [0.05, 0.1) is 5.56 Å². The molecule has 0 radical (unpaired) electrons. The Labute approximate surface area is 139 Å². The van der Waals surface area contributed by atoms with Gasteiger partial charge < -0.3 is 4.90 Å². The highest BCUT2D eigenvalue weighted by Crippen LogP contribution is 2.26. The summed E-state index contributed by atoms with van der Waals surface area (Å²) in [7, 11) is 0. The molecule has 0 saturated carbocycles. The van der Waals surface area contributed by atoms with Gasteiger partial charge >= 0.3 is 0 Å². The number of halogens is 2. The Hall–Kier alpha value is -1.84. The summed E-state index contributed by atoms with van der Waals surface area (Å²) in [5.74, 6) is -0.117. The largest absolute Gasteiger partial charge is 0.312 e. The van der Waals surface area contributed by atoms with E-state index >= 15 is 0 Å². The fourth-order valence-electron chi connectivity index (χ4n) is 2.54. The zero-order valence-electron chi connectivity index (χ0n) is 11.8. The predicted octanol–water partition coefficient (Wildman–Crippen LogP) is 4.36. The molecule has 3 nitrogen and oxygen atoms in total. The third-order valence-electron chi connectivity index (χ3n) is 3.64. The summed E-state index contributed by atoms with van der Waals surface area (Å²) in [6, 6.07) is 11.1. The lowest BCUT2D eigenvalue weighted by Gasteiger charge is -2.21. The molecule has 1 amide bonds. The van der Waals surface area contributed by atoms with Gasteiger partial charge in [0.15, 0.2) is 0 Å². The van der Waals surface area contributed by atoms with Gasteiger partial charge in [-0.15, -0.1) is 0 Å². The van der Waals surface area contributed by atoms with Crippen molar-refractivity contribution in [1.82, 2.24) is 9.88 Å². The van der Waals surface area contributed by atoms with E-state index in [0.717, 1.165) is 17.7 Å². The highest BCUT2D eigenvalue weighted by atomic mass is 35.5. The van der Waals surface area contributed by atoms with Crippen molar-refractivity contribution in [3.63, 3.8) is 0 Å². The van der Waals surface area contributed by atoms with Crippen LogP contribution in [-0.2, 0) is 6.42 Å². The fourth-order valence-corrected chi connectivity index (χ4v) is 2.94. The lowest BCUT2D eigenvalue weighted by molar-refractivity contribution is 0.0816. The van der Waals surface area contributed by atoms with Gasteiger partial charge in [0.25, 0.3) is 5.91 Å². The molecular weight excluding hydrogens is 319 g/mol. The summed E-state index contributed by atoms with van der Waals surface area (Å²) < 4.78 is 0. The minimum atomic E-state index is -0.117. The second-order valence-corrected chi connectivity index (χ2v) is 5.82. The molecule has 3 rings (SSSR count). The zero-order valence-corrected chi connectivity index (χ0v) is 13.3. The molecule has 0 bridgehead atoms. The van der Waals surface area contributed by atoms with E-state index in [2.05, 4.69) is 11.1 Å². The van der Waals surface area contributed by atoms with E-state index in [9.17, 15) is 4.79 Å². The number of amides is 1. The molecule has 1 aromatic heterocycles. The zero-order chi connectivity index (χ0) is 15.5. The summed E-state index contributed by atoms with van der Waals surface area (Å²) in [6.07, 6.45) is 5.11. The molecule has 0 aliphatic carbocycles. The Morgan fingerprint density at radius 1 is 1.18 bits per heavy atom. The van der Waals surface area contributed by atoms with Crippen LogP contribution in [0.3, 0.4) is 0 Å². The van der Waals surface area contributed by atoms with Crippen LogP contribution in [0.15, 0.2) is 54.4 Å². The molecular formula is C17H14Cl2N2O. The molecule has 1 aliphatic heterocycles. The van der Waals surface area contributed by atoms with Gasteiger partial charge in [0, 0.05) is 29.9 Å². The molecule has 0 saturated heterocycles. The van der Waals surface area contributed by atoms with Gasteiger partial charge in [0.2, 0.25) is 0 Å². The van der Waals surface area contributed by atoms with Crippen LogP contribution in [0.4, 0.5) is 0 Å². The van der Waals surface area contributed by atoms with Crippen LogP contribution in [0.5, 0.6) is 0 Å². The number of carbonyl (C=O) groups excluding carboxylic acids is 1. The molecule has 112 valence electrons. The van der Waals surface area contributed by atoms with Gasteiger partial charge in [-0.3, -0.25) is 4.79 Å². The van der Waals surface area contributed by atoms with E-state index in [1.807, 2.05) is 24.3 Å². The number of hydrogen-bond acceptors (Lipinski definition) is 2. The Bertz CT molecular complexity index is 743. The van der Waals surface area contributed by atoms with Gasteiger partial charge in [0.1, 0.15) is 5.15 Å². The lowest BCUT2D eigenvalue weighted by atomic mass is 10.1. The van der Waals surface area contributed by atoms with E-state index in [1.165, 1.54) is 0 Å². The molecule has 5 heteroatoms. The second-order valence-electron chi connectivity index (χ2n) is 5.05. The van der Waals surface area contributed by atoms with Crippen molar-refractivity contribution in [2.45, 2.75) is 12.8 Å². The van der Waals surface area contributed by atoms with Gasteiger partial charge in [-0.25, -0.2) is 4.98 Å². The number of nitrogens with zero attached hydrogens (tertiary/aromatic N) is 2. The van der Waals surface area contributed by atoms with Crippen LogP contribution in [0.25, 0.3) is 0 Å². The van der Waals surface area contributed by atoms with Crippen molar-refractivity contribution in [3.8, 4) is 0 Å². The van der Waals surface area contributed by atoms with Crippen molar-refractivity contribution in [1.29, 1.82) is 0 Å². The smallest absolute Gasteiger partial charge is 0.261 e. The average Bonchev–Trinajstić information content (AvgIpc) is 2.98. The highest BCUT2D eigenvalue weighted by Gasteiger charge is 2.25. The van der Waals surface area contributed by atoms with E-state index in [-0.39, 0.29) is 11.1 Å². The van der Waals surface area contributed by atoms with Crippen molar-refractivity contribution >= 4 is 29.1 Å². The molecule has 22 heavy (non-hydrogen) atoms. The van der Waals surface area contributed by atoms with E-state index in [4.69, 9.17) is 23.2 Å². The number of benzene rings is 1. The van der Waals surface area contributed by atoms with Crippen LogP contribution in [0, 0.1) is 0 Å². The second kappa shape index (κ2) is 6.51. The van der Waals surface area contributed by atoms with E-state index in [1.54, 1.807) is 23.2 Å². The maximum absolute atomic E-state index is 12.7. The summed E-state index contributed by atoms with van der Waals surface area (Å²) in [4.78, 5) is 18.4.